The van der Waals surface area contributed by atoms with Crippen LogP contribution in [0.3, 0.4) is 0 Å². The Labute approximate surface area is 257 Å². The van der Waals surface area contributed by atoms with Gasteiger partial charge >= 0.3 is 0 Å². The molecule has 0 saturated carbocycles. The minimum Gasteiger partial charge on any atom is -0.491 e. The molecular formula is C40H39NO2. The van der Waals surface area contributed by atoms with Crippen LogP contribution in [0, 0.1) is 35.5 Å². The second-order valence-corrected chi connectivity index (χ2v) is 10.1. The van der Waals surface area contributed by atoms with Crippen LogP contribution >= 0.6 is 0 Å². The van der Waals surface area contributed by atoms with Crippen molar-refractivity contribution in [2.75, 3.05) is 38.3 Å². The molecule has 3 nitrogen and oxygen atoms in total. The highest BCUT2D eigenvalue weighted by molar-refractivity contribution is 5.60. The SMILES string of the molecule is COCC#CCCCc1ccc(CCCOc2ccccc2N(CC#Cc2ccccc2)CC#Cc2ccccc2)cc1. The third-order valence-electron chi connectivity index (χ3n) is 6.76. The van der Waals surface area contributed by atoms with Crippen LogP contribution in [0.25, 0.3) is 0 Å². The second-order valence-electron chi connectivity index (χ2n) is 10.1. The number of aryl methyl sites for hydroxylation is 2. The number of methoxy groups -OCH3 is 1. The van der Waals surface area contributed by atoms with E-state index in [1.807, 2.05) is 78.9 Å². The largest absolute Gasteiger partial charge is 0.491 e. The highest BCUT2D eigenvalue weighted by Crippen LogP contribution is 2.28. The normalized spacial score (nSPS) is 9.88. The van der Waals surface area contributed by atoms with Gasteiger partial charge in [-0.3, -0.25) is 0 Å². The van der Waals surface area contributed by atoms with Gasteiger partial charge < -0.3 is 14.4 Å². The van der Waals surface area contributed by atoms with Crippen LogP contribution in [0.4, 0.5) is 5.69 Å². The second kappa shape index (κ2) is 18.5. The van der Waals surface area contributed by atoms with Crippen LogP contribution in [0.15, 0.2) is 109 Å². The van der Waals surface area contributed by atoms with Crippen molar-refractivity contribution < 1.29 is 9.47 Å². The van der Waals surface area contributed by atoms with Crippen LogP contribution in [0.1, 0.15) is 41.5 Å². The van der Waals surface area contributed by atoms with E-state index in [1.165, 1.54) is 11.1 Å². The molecule has 4 aromatic carbocycles. The number of nitrogens with zero attached hydrogens (tertiary/aromatic N) is 1. The third kappa shape index (κ3) is 11.5. The molecule has 43 heavy (non-hydrogen) atoms. The first-order valence-corrected chi connectivity index (χ1v) is 14.9. The van der Waals surface area contributed by atoms with Gasteiger partial charge in [0.2, 0.25) is 0 Å². The van der Waals surface area contributed by atoms with E-state index in [-0.39, 0.29) is 0 Å². The van der Waals surface area contributed by atoms with Gasteiger partial charge in [0, 0.05) is 24.7 Å². The van der Waals surface area contributed by atoms with Crippen LogP contribution in [0.2, 0.25) is 0 Å². The summed E-state index contributed by atoms with van der Waals surface area (Å²) in [7, 11) is 1.67. The summed E-state index contributed by atoms with van der Waals surface area (Å²) in [5.74, 6) is 20.2. The number of benzene rings is 4. The quantitative estimate of drug-likeness (QED) is 0.131. The minimum atomic E-state index is 0.509. The van der Waals surface area contributed by atoms with E-state index in [4.69, 9.17) is 9.47 Å². The zero-order chi connectivity index (χ0) is 29.8. The maximum atomic E-state index is 6.33. The summed E-state index contributed by atoms with van der Waals surface area (Å²) in [6.45, 7) is 2.24. The van der Waals surface area contributed by atoms with Gasteiger partial charge in [-0.15, -0.1) is 5.92 Å². The molecule has 0 aliphatic rings. The first kappa shape index (κ1) is 31.1. The van der Waals surface area contributed by atoms with Crippen molar-refractivity contribution in [3.05, 3.63) is 131 Å². The van der Waals surface area contributed by atoms with Crippen molar-refractivity contribution in [1.29, 1.82) is 0 Å². The Kier molecular flexibility index (Phi) is 13.4. The fourth-order valence-electron chi connectivity index (χ4n) is 4.51. The van der Waals surface area contributed by atoms with Crippen LogP contribution < -0.4 is 9.64 Å². The molecule has 0 radical (unpaired) electrons. The standard InChI is InChI=1S/C40H39NO2/c1-42-33-13-3-2-6-21-37-27-29-38(30-28-37)24-16-34-43-40-26-12-11-25-39(40)41(31-14-22-35-17-7-4-8-18-35)32-15-23-36-19-9-5-10-20-36/h4-5,7-12,17-20,25-30H,2,6,16,21,24,31-34H2,1H3. The number of para-hydroxylation sites is 2. The molecule has 0 aliphatic heterocycles. The molecule has 4 aromatic rings. The topological polar surface area (TPSA) is 21.7 Å². The highest BCUT2D eigenvalue weighted by Gasteiger charge is 2.10. The van der Waals surface area contributed by atoms with E-state index in [0.29, 0.717) is 26.3 Å². The summed E-state index contributed by atoms with van der Waals surface area (Å²) in [6, 6.07) is 37.3. The zero-order valence-corrected chi connectivity index (χ0v) is 25.0. The molecule has 3 heteroatoms. The molecule has 0 amide bonds. The Morgan fingerprint density at radius 3 is 1.74 bits per heavy atom. The summed E-state index contributed by atoms with van der Waals surface area (Å²) in [4.78, 5) is 2.18. The van der Waals surface area contributed by atoms with Gasteiger partial charge in [0.25, 0.3) is 0 Å². The van der Waals surface area contributed by atoms with E-state index < -0.39 is 0 Å². The summed E-state index contributed by atoms with van der Waals surface area (Å²) in [6.07, 6.45) is 4.92. The fraction of sp³-hybridized carbons (Fsp3) is 0.250. The lowest BCUT2D eigenvalue weighted by Crippen LogP contribution is -2.24. The Morgan fingerprint density at radius 2 is 1.14 bits per heavy atom. The van der Waals surface area contributed by atoms with Gasteiger partial charge in [-0.1, -0.05) is 102 Å². The molecule has 0 atom stereocenters. The van der Waals surface area contributed by atoms with Crippen molar-refractivity contribution in [2.45, 2.75) is 32.1 Å². The lowest BCUT2D eigenvalue weighted by molar-refractivity contribution is 0.239. The molecule has 0 heterocycles. The first-order valence-electron chi connectivity index (χ1n) is 14.9. The highest BCUT2D eigenvalue weighted by atomic mass is 16.5. The number of hydrogen-bond acceptors (Lipinski definition) is 3. The average molecular weight is 566 g/mol. The Balaban J connectivity index is 1.33. The minimum absolute atomic E-state index is 0.509. The predicted octanol–water partition coefficient (Wildman–Crippen LogP) is 7.58. The average Bonchev–Trinajstić information content (AvgIpc) is 3.06. The number of anilines is 1. The Hall–Kier alpha value is -4.88. The van der Waals surface area contributed by atoms with E-state index in [2.05, 4.69) is 70.8 Å². The molecule has 0 saturated heterocycles. The fourth-order valence-corrected chi connectivity index (χ4v) is 4.51. The molecular weight excluding hydrogens is 526 g/mol. The number of ether oxygens (including phenoxy) is 2. The van der Waals surface area contributed by atoms with E-state index in [0.717, 1.165) is 54.7 Å². The van der Waals surface area contributed by atoms with Crippen LogP contribution in [-0.2, 0) is 17.6 Å². The molecule has 4 rings (SSSR count). The van der Waals surface area contributed by atoms with Gasteiger partial charge in [-0.25, -0.2) is 0 Å². The van der Waals surface area contributed by atoms with Gasteiger partial charge in [0.1, 0.15) is 12.4 Å². The van der Waals surface area contributed by atoms with Crippen molar-refractivity contribution in [2.24, 2.45) is 0 Å². The van der Waals surface area contributed by atoms with E-state index in [1.54, 1.807) is 7.11 Å². The monoisotopic (exact) mass is 565 g/mol. The van der Waals surface area contributed by atoms with Crippen LogP contribution in [-0.4, -0.2) is 33.4 Å². The molecule has 0 spiro atoms. The summed E-state index contributed by atoms with van der Waals surface area (Å²) in [5.41, 5.74) is 5.69. The number of unbranched alkanes of at least 4 members (excludes halogenated alkanes) is 1. The van der Waals surface area contributed by atoms with Crippen molar-refractivity contribution in [3.8, 4) is 41.3 Å². The molecule has 0 unspecified atom stereocenters. The number of rotatable bonds is 12. The summed E-state index contributed by atoms with van der Waals surface area (Å²) in [5, 5.41) is 0. The smallest absolute Gasteiger partial charge is 0.142 e. The maximum Gasteiger partial charge on any atom is 0.142 e. The van der Waals surface area contributed by atoms with Gasteiger partial charge in [-0.2, -0.15) is 0 Å². The zero-order valence-electron chi connectivity index (χ0n) is 25.0. The molecule has 0 aliphatic carbocycles. The third-order valence-corrected chi connectivity index (χ3v) is 6.76. The molecule has 0 N–H and O–H groups in total. The lowest BCUT2D eigenvalue weighted by Gasteiger charge is -2.23. The molecule has 0 fully saturated rings. The first-order chi connectivity index (χ1) is 21.3. The lowest BCUT2D eigenvalue weighted by atomic mass is 10.0. The molecule has 0 aromatic heterocycles. The number of hydrogen-bond donors (Lipinski definition) is 0. The Morgan fingerprint density at radius 1 is 0.581 bits per heavy atom. The van der Waals surface area contributed by atoms with Crippen LogP contribution in [0.5, 0.6) is 5.75 Å². The van der Waals surface area contributed by atoms with Crippen molar-refractivity contribution in [1.82, 2.24) is 0 Å². The van der Waals surface area contributed by atoms with Crippen molar-refractivity contribution in [3.63, 3.8) is 0 Å². The molecule has 216 valence electrons. The summed E-state index contributed by atoms with van der Waals surface area (Å²) < 4.78 is 11.3. The van der Waals surface area contributed by atoms with Gasteiger partial charge in [0.15, 0.2) is 0 Å². The van der Waals surface area contributed by atoms with Gasteiger partial charge in [0.05, 0.1) is 25.4 Å². The Bertz CT molecular complexity index is 1500. The molecule has 0 bridgehead atoms. The predicted molar refractivity (Wildman–Crippen MR) is 178 cm³/mol. The van der Waals surface area contributed by atoms with Gasteiger partial charge in [-0.05, 0) is 73.2 Å². The van der Waals surface area contributed by atoms with E-state index >= 15 is 0 Å². The maximum absolute atomic E-state index is 6.33. The van der Waals surface area contributed by atoms with E-state index in [9.17, 15) is 0 Å². The summed E-state index contributed by atoms with van der Waals surface area (Å²) >= 11 is 0. The van der Waals surface area contributed by atoms with Crippen molar-refractivity contribution >= 4 is 5.69 Å².